The van der Waals surface area contributed by atoms with Gasteiger partial charge in [0.2, 0.25) is 5.91 Å². The summed E-state index contributed by atoms with van der Waals surface area (Å²) in [5.41, 5.74) is 8.46. The van der Waals surface area contributed by atoms with Crippen LogP contribution >= 0.6 is 11.3 Å². The standard InChI is InChI=1S/C15H17N3OS/c16-12-3-1-2-4-13(12)17-15(19)10-18-7-5-14-11(9-18)6-8-20-14/h1-4,6,8H,5,7,9-10,16H2,(H,17,19). The maximum absolute atomic E-state index is 12.1. The average molecular weight is 287 g/mol. The number of nitrogen functional groups attached to an aromatic ring is 1. The van der Waals surface area contributed by atoms with Crippen LogP contribution < -0.4 is 11.1 Å². The zero-order chi connectivity index (χ0) is 13.9. The normalized spacial score (nSPS) is 14.8. The smallest absolute Gasteiger partial charge is 0.238 e. The molecule has 0 saturated carbocycles. The highest BCUT2D eigenvalue weighted by Crippen LogP contribution is 2.24. The zero-order valence-corrected chi connectivity index (χ0v) is 12.0. The lowest BCUT2D eigenvalue weighted by molar-refractivity contribution is -0.117. The molecule has 1 amide bonds. The Labute approximate surface area is 122 Å². The molecule has 0 saturated heterocycles. The number of thiophene rings is 1. The third-order valence-electron chi connectivity index (χ3n) is 3.49. The Kier molecular flexibility index (Phi) is 3.71. The van der Waals surface area contributed by atoms with Crippen molar-refractivity contribution in [2.75, 3.05) is 24.1 Å². The Bertz CT molecular complexity index is 623. The van der Waals surface area contributed by atoms with Gasteiger partial charge in [0.1, 0.15) is 0 Å². The Morgan fingerprint density at radius 3 is 3.05 bits per heavy atom. The fourth-order valence-corrected chi connectivity index (χ4v) is 3.34. The van der Waals surface area contributed by atoms with Gasteiger partial charge < -0.3 is 11.1 Å². The number of fused-ring (bicyclic) bond motifs is 1. The summed E-state index contributed by atoms with van der Waals surface area (Å²) < 4.78 is 0. The molecule has 4 nitrogen and oxygen atoms in total. The number of hydrogen-bond acceptors (Lipinski definition) is 4. The van der Waals surface area contributed by atoms with Crippen molar-refractivity contribution in [2.45, 2.75) is 13.0 Å². The van der Waals surface area contributed by atoms with Crippen molar-refractivity contribution in [2.24, 2.45) is 0 Å². The topological polar surface area (TPSA) is 58.4 Å². The number of hydrogen-bond donors (Lipinski definition) is 2. The van der Waals surface area contributed by atoms with Crippen LogP contribution in [0.5, 0.6) is 0 Å². The number of anilines is 2. The molecule has 0 atom stereocenters. The van der Waals surface area contributed by atoms with Gasteiger partial charge in [-0.2, -0.15) is 0 Å². The lowest BCUT2D eigenvalue weighted by Gasteiger charge is -2.26. The van der Waals surface area contributed by atoms with E-state index in [9.17, 15) is 4.79 Å². The predicted molar refractivity (Wildman–Crippen MR) is 82.8 cm³/mol. The molecule has 0 unspecified atom stereocenters. The van der Waals surface area contributed by atoms with E-state index in [0.29, 0.717) is 17.9 Å². The summed E-state index contributed by atoms with van der Waals surface area (Å²) in [7, 11) is 0. The van der Waals surface area contributed by atoms with Crippen LogP contribution in [-0.4, -0.2) is 23.9 Å². The van der Waals surface area contributed by atoms with Crippen molar-refractivity contribution in [1.82, 2.24) is 4.90 Å². The van der Waals surface area contributed by atoms with Gasteiger partial charge in [-0.25, -0.2) is 0 Å². The summed E-state index contributed by atoms with van der Waals surface area (Å²) in [6.45, 7) is 2.20. The monoisotopic (exact) mass is 287 g/mol. The number of carbonyl (C=O) groups excluding carboxylic acids is 1. The summed E-state index contributed by atoms with van der Waals surface area (Å²) in [6.07, 6.45) is 1.04. The van der Waals surface area contributed by atoms with E-state index in [1.54, 1.807) is 6.07 Å². The summed E-state index contributed by atoms with van der Waals surface area (Å²) in [5, 5.41) is 5.00. The molecule has 1 aromatic heterocycles. The molecule has 20 heavy (non-hydrogen) atoms. The fourth-order valence-electron chi connectivity index (χ4n) is 2.45. The first-order valence-electron chi connectivity index (χ1n) is 6.64. The van der Waals surface area contributed by atoms with E-state index in [-0.39, 0.29) is 5.91 Å². The molecule has 0 spiro atoms. The molecule has 1 aliphatic rings. The number of amides is 1. The van der Waals surface area contributed by atoms with Gasteiger partial charge in [-0.15, -0.1) is 11.3 Å². The number of para-hydroxylation sites is 2. The van der Waals surface area contributed by atoms with Crippen molar-refractivity contribution in [3.8, 4) is 0 Å². The molecule has 0 aliphatic carbocycles. The Balaban J connectivity index is 1.59. The molecule has 104 valence electrons. The van der Waals surface area contributed by atoms with Gasteiger partial charge in [-0.05, 0) is 35.6 Å². The van der Waals surface area contributed by atoms with Crippen molar-refractivity contribution >= 4 is 28.6 Å². The lowest BCUT2D eigenvalue weighted by atomic mass is 10.1. The zero-order valence-electron chi connectivity index (χ0n) is 11.1. The first-order chi connectivity index (χ1) is 9.72. The number of nitrogens with one attached hydrogen (secondary N) is 1. The first kappa shape index (κ1) is 13.1. The van der Waals surface area contributed by atoms with Crippen LogP contribution in [0.15, 0.2) is 35.7 Å². The summed E-state index contributed by atoms with van der Waals surface area (Å²) >= 11 is 1.81. The van der Waals surface area contributed by atoms with Crippen LogP contribution in [0.1, 0.15) is 10.4 Å². The molecule has 2 heterocycles. The molecule has 0 fully saturated rings. The highest BCUT2D eigenvalue weighted by Gasteiger charge is 2.19. The third kappa shape index (κ3) is 2.84. The predicted octanol–water partition coefficient (Wildman–Crippen LogP) is 2.33. The van der Waals surface area contributed by atoms with Gasteiger partial charge >= 0.3 is 0 Å². The number of nitrogens with zero attached hydrogens (tertiary/aromatic N) is 1. The molecule has 0 radical (unpaired) electrons. The Morgan fingerprint density at radius 2 is 2.20 bits per heavy atom. The van der Waals surface area contributed by atoms with E-state index in [1.165, 1.54) is 10.4 Å². The minimum Gasteiger partial charge on any atom is -0.397 e. The molecule has 3 N–H and O–H groups in total. The maximum Gasteiger partial charge on any atom is 0.238 e. The second-order valence-electron chi connectivity index (χ2n) is 4.97. The number of benzene rings is 1. The van der Waals surface area contributed by atoms with Gasteiger partial charge in [0.25, 0.3) is 0 Å². The van der Waals surface area contributed by atoms with Crippen LogP contribution in [-0.2, 0) is 17.8 Å². The van der Waals surface area contributed by atoms with Crippen molar-refractivity contribution < 1.29 is 4.79 Å². The van der Waals surface area contributed by atoms with E-state index < -0.39 is 0 Å². The van der Waals surface area contributed by atoms with E-state index in [0.717, 1.165) is 19.5 Å². The molecule has 5 heteroatoms. The quantitative estimate of drug-likeness (QED) is 0.852. The van der Waals surface area contributed by atoms with Crippen LogP contribution in [0.25, 0.3) is 0 Å². The van der Waals surface area contributed by atoms with Gasteiger partial charge in [0, 0.05) is 18.0 Å². The minimum absolute atomic E-state index is 0.0124. The van der Waals surface area contributed by atoms with Crippen LogP contribution in [0, 0.1) is 0 Å². The van der Waals surface area contributed by atoms with Crippen molar-refractivity contribution in [3.05, 3.63) is 46.2 Å². The highest BCUT2D eigenvalue weighted by atomic mass is 32.1. The lowest BCUT2D eigenvalue weighted by Crippen LogP contribution is -2.36. The number of nitrogens with two attached hydrogens (primary N) is 1. The Hall–Kier alpha value is -1.85. The molecule has 3 rings (SSSR count). The molecule has 1 aliphatic heterocycles. The molecule has 0 bridgehead atoms. The van der Waals surface area contributed by atoms with Crippen molar-refractivity contribution in [3.63, 3.8) is 0 Å². The molecule has 2 aromatic rings. The van der Waals surface area contributed by atoms with E-state index in [2.05, 4.69) is 21.7 Å². The number of rotatable bonds is 3. The summed E-state index contributed by atoms with van der Waals surface area (Å²) in [5.74, 6) is -0.0124. The van der Waals surface area contributed by atoms with Crippen molar-refractivity contribution in [1.29, 1.82) is 0 Å². The van der Waals surface area contributed by atoms with Gasteiger partial charge in [-0.1, -0.05) is 12.1 Å². The summed E-state index contributed by atoms with van der Waals surface area (Å²) in [4.78, 5) is 15.7. The summed E-state index contributed by atoms with van der Waals surface area (Å²) in [6, 6.07) is 9.48. The second kappa shape index (κ2) is 5.64. The van der Waals surface area contributed by atoms with Gasteiger partial charge in [-0.3, -0.25) is 9.69 Å². The van der Waals surface area contributed by atoms with E-state index in [4.69, 9.17) is 5.73 Å². The maximum atomic E-state index is 12.1. The van der Waals surface area contributed by atoms with E-state index in [1.807, 2.05) is 29.5 Å². The van der Waals surface area contributed by atoms with E-state index >= 15 is 0 Å². The first-order valence-corrected chi connectivity index (χ1v) is 7.52. The van der Waals surface area contributed by atoms with Gasteiger partial charge in [0.05, 0.1) is 17.9 Å². The second-order valence-corrected chi connectivity index (χ2v) is 5.97. The highest BCUT2D eigenvalue weighted by molar-refractivity contribution is 7.10. The molecular formula is C15H17N3OS. The van der Waals surface area contributed by atoms with Crippen LogP contribution in [0.2, 0.25) is 0 Å². The van der Waals surface area contributed by atoms with Gasteiger partial charge in [0.15, 0.2) is 0 Å². The SMILES string of the molecule is Nc1ccccc1NC(=O)CN1CCc2sccc2C1. The largest absolute Gasteiger partial charge is 0.397 e. The Morgan fingerprint density at radius 1 is 1.35 bits per heavy atom. The van der Waals surface area contributed by atoms with Crippen LogP contribution in [0.3, 0.4) is 0 Å². The van der Waals surface area contributed by atoms with Crippen LogP contribution in [0.4, 0.5) is 11.4 Å². The number of carbonyl (C=O) groups is 1. The average Bonchev–Trinajstić information content (AvgIpc) is 2.89. The molecular weight excluding hydrogens is 270 g/mol. The third-order valence-corrected chi connectivity index (χ3v) is 4.51. The molecule has 1 aromatic carbocycles. The minimum atomic E-state index is -0.0124. The fraction of sp³-hybridized carbons (Fsp3) is 0.267.